The summed E-state index contributed by atoms with van der Waals surface area (Å²) >= 11 is 6.02. The van der Waals surface area contributed by atoms with Crippen LogP contribution in [-0.4, -0.2) is 17.6 Å². The van der Waals surface area contributed by atoms with E-state index < -0.39 is 0 Å². The Hall–Kier alpha value is -2.05. The van der Waals surface area contributed by atoms with Gasteiger partial charge in [-0.05, 0) is 6.92 Å². The van der Waals surface area contributed by atoms with Crippen LogP contribution in [0, 0.1) is 11.8 Å². The zero-order valence-corrected chi connectivity index (χ0v) is 11.2. The molecule has 1 aromatic carbocycles. The van der Waals surface area contributed by atoms with Gasteiger partial charge >= 0.3 is 5.97 Å². The Bertz CT molecular complexity index is 671. The molecule has 0 saturated carbocycles. The number of pyridine rings is 1. The minimum atomic E-state index is -0.318. The standard InChI is InChI=1S/C15H12ClNO2/c1-2-19-14(18)9-5-6-11-10-17-15(16)13-8-4-3-7-12(11)13/h3-4,7-8,10H,2,9H2,1H3. The molecule has 0 aliphatic carbocycles. The van der Waals surface area contributed by atoms with E-state index in [-0.39, 0.29) is 12.4 Å². The number of fused-ring (bicyclic) bond motifs is 1. The highest BCUT2D eigenvalue weighted by atomic mass is 35.5. The van der Waals surface area contributed by atoms with Gasteiger partial charge in [0.25, 0.3) is 0 Å². The summed E-state index contributed by atoms with van der Waals surface area (Å²) in [6.45, 7) is 2.13. The number of aromatic nitrogens is 1. The van der Waals surface area contributed by atoms with Gasteiger partial charge in [0.15, 0.2) is 0 Å². The van der Waals surface area contributed by atoms with Gasteiger partial charge in [0.2, 0.25) is 0 Å². The minimum absolute atomic E-state index is 0.0742. The zero-order valence-electron chi connectivity index (χ0n) is 10.4. The second kappa shape index (κ2) is 6.21. The van der Waals surface area contributed by atoms with E-state index in [4.69, 9.17) is 16.3 Å². The molecule has 1 aromatic heterocycles. The highest BCUT2D eigenvalue weighted by Crippen LogP contribution is 2.23. The van der Waals surface area contributed by atoms with E-state index in [0.717, 1.165) is 16.3 Å². The Labute approximate surface area is 116 Å². The highest BCUT2D eigenvalue weighted by Gasteiger charge is 2.03. The lowest BCUT2D eigenvalue weighted by molar-refractivity contribution is -0.141. The normalized spacial score (nSPS) is 9.79. The number of rotatable bonds is 2. The van der Waals surface area contributed by atoms with Crippen LogP contribution in [0.25, 0.3) is 10.8 Å². The van der Waals surface area contributed by atoms with Gasteiger partial charge in [-0.3, -0.25) is 4.79 Å². The van der Waals surface area contributed by atoms with E-state index in [2.05, 4.69) is 16.8 Å². The quantitative estimate of drug-likeness (QED) is 0.479. The van der Waals surface area contributed by atoms with Gasteiger partial charge in [-0.2, -0.15) is 0 Å². The molecule has 2 aromatic rings. The number of benzene rings is 1. The molecule has 3 nitrogen and oxygen atoms in total. The van der Waals surface area contributed by atoms with Crippen molar-refractivity contribution in [2.75, 3.05) is 6.61 Å². The number of carbonyl (C=O) groups excluding carboxylic acids is 1. The van der Waals surface area contributed by atoms with Gasteiger partial charge < -0.3 is 4.74 Å². The van der Waals surface area contributed by atoms with Gasteiger partial charge in [0.05, 0.1) is 12.2 Å². The number of ether oxygens (including phenoxy) is 1. The molecule has 0 spiro atoms. The van der Waals surface area contributed by atoms with Crippen LogP contribution >= 0.6 is 11.6 Å². The summed E-state index contributed by atoms with van der Waals surface area (Å²) in [5.41, 5.74) is 0.754. The maximum Gasteiger partial charge on any atom is 0.317 e. The highest BCUT2D eigenvalue weighted by molar-refractivity contribution is 6.34. The smallest absolute Gasteiger partial charge is 0.317 e. The van der Waals surface area contributed by atoms with E-state index in [1.165, 1.54) is 0 Å². The number of hydrogen-bond acceptors (Lipinski definition) is 3. The van der Waals surface area contributed by atoms with Crippen LogP contribution < -0.4 is 0 Å². The third-order valence-electron chi connectivity index (χ3n) is 2.51. The molecule has 0 unspecified atom stereocenters. The molecule has 0 N–H and O–H groups in total. The van der Waals surface area contributed by atoms with Gasteiger partial charge in [0.1, 0.15) is 11.6 Å². The topological polar surface area (TPSA) is 39.2 Å². The van der Waals surface area contributed by atoms with Crippen LogP contribution in [0.15, 0.2) is 30.5 Å². The maximum atomic E-state index is 11.2. The lowest BCUT2D eigenvalue weighted by atomic mass is 10.1. The molecule has 0 atom stereocenters. The first kappa shape index (κ1) is 13.4. The predicted molar refractivity (Wildman–Crippen MR) is 74.9 cm³/mol. The molecular weight excluding hydrogens is 262 g/mol. The Morgan fingerprint density at radius 1 is 1.37 bits per heavy atom. The van der Waals surface area contributed by atoms with Crippen molar-refractivity contribution >= 4 is 28.3 Å². The third kappa shape index (κ3) is 3.24. The molecule has 96 valence electrons. The number of nitrogens with zero attached hydrogens (tertiary/aromatic N) is 1. The fourth-order valence-corrected chi connectivity index (χ4v) is 1.89. The maximum absolute atomic E-state index is 11.2. The number of esters is 1. The van der Waals surface area contributed by atoms with Crippen LogP contribution in [0.3, 0.4) is 0 Å². The molecular formula is C15H12ClNO2. The van der Waals surface area contributed by atoms with Crippen molar-refractivity contribution in [2.24, 2.45) is 0 Å². The van der Waals surface area contributed by atoms with Gasteiger partial charge in [-0.15, -0.1) is 0 Å². The van der Waals surface area contributed by atoms with Crippen molar-refractivity contribution in [3.05, 3.63) is 41.2 Å². The number of hydrogen-bond donors (Lipinski definition) is 0. The van der Waals surface area contributed by atoms with E-state index in [9.17, 15) is 4.79 Å². The summed E-state index contributed by atoms with van der Waals surface area (Å²) < 4.78 is 4.81. The molecule has 0 aliphatic rings. The molecule has 0 bridgehead atoms. The SMILES string of the molecule is CCOC(=O)CC#Cc1cnc(Cl)c2ccccc12. The van der Waals surface area contributed by atoms with Crippen molar-refractivity contribution in [1.82, 2.24) is 4.98 Å². The van der Waals surface area contributed by atoms with Crippen LogP contribution in [0.5, 0.6) is 0 Å². The Morgan fingerprint density at radius 2 is 2.11 bits per heavy atom. The van der Waals surface area contributed by atoms with Gasteiger partial charge in [0, 0.05) is 17.0 Å². The van der Waals surface area contributed by atoms with Crippen LogP contribution in [-0.2, 0) is 9.53 Å². The first-order valence-corrected chi connectivity index (χ1v) is 6.28. The molecule has 0 radical (unpaired) electrons. The van der Waals surface area contributed by atoms with Crippen molar-refractivity contribution in [3.8, 4) is 11.8 Å². The molecule has 4 heteroatoms. The predicted octanol–water partition coefficient (Wildman–Crippen LogP) is 3.19. The fourth-order valence-electron chi connectivity index (χ4n) is 1.68. The van der Waals surface area contributed by atoms with Crippen molar-refractivity contribution in [2.45, 2.75) is 13.3 Å². The zero-order chi connectivity index (χ0) is 13.7. The first-order chi connectivity index (χ1) is 9.22. The summed E-state index contributed by atoms with van der Waals surface area (Å²) in [6, 6.07) is 7.62. The van der Waals surface area contributed by atoms with Crippen LogP contribution in [0.2, 0.25) is 5.15 Å². The second-order valence-electron chi connectivity index (χ2n) is 3.79. The Morgan fingerprint density at radius 3 is 2.84 bits per heavy atom. The van der Waals surface area contributed by atoms with Crippen molar-refractivity contribution < 1.29 is 9.53 Å². The van der Waals surface area contributed by atoms with Crippen molar-refractivity contribution in [1.29, 1.82) is 0 Å². The summed E-state index contributed by atoms with van der Waals surface area (Å²) in [7, 11) is 0. The largest absolute Gasteiger partial charge is 0.465 e. The van der Waals surface area contributed by atoms with Crippen molar-refractivity contribution in [3.63, 3.8) is 0 Å². The van der Waals surface area contributed by atoms with Gasteiger partial charge in [-0.1, -0.05) is 47.7 Å². The lowest BCUT2D eigenvalue weighted by Crippen LogP contribution is -2.01. The monoisotopic (exact) mass is 273 g/mol. The molecule has 19 heavy (non-hydrogen) atoms. The Balaban J connectivity index is 2.29. The molecule has 0 amide bonds. The van der Waals surface area contributed by atoms with E-state index >= 15 is 0 Å². The van der Waals surface area contributed by atoms with Crippen LogP contribution in [0.1, 0.15) is 18.9 Å². The average molecular weight is 274 g/mol. The number of carbonyl (C=O) groups is 1. The summed E-state index contributed by atoms with van der Waals surface area (Å²) in [5, 5.41) is 2.23. The summed E-state index contributed by atoms with van der Waals surface area (Å²) in [5.74, 6) is 5.40. The van der Waals surface area contributed by atoms with E-state index in [1.807, 2.05) is 24.3 Å². The van der Waals surface area contributed by atoms with Gasteiger partial charge in [-0.25, -0.2) is 4.98 Å². The first-order valence-electron chi connectivity index (χ1n) is 5.90. The number of halogens is 1. The molecule has 2 rings (SSSR count). The molecule has 0 saturated heterocycles. The molecule has 0 aliphatic heterocycles. The van der Waals surface area contributed by atoms with E-state index in [1.54, 1.807) is 13.1 Å². The average Bonchev–Trinajstić information content (AvgIpc) is 2.42. The van der Waals surface area contributed by atoms with Crippen LogP contribution in [0.4, 0.5) is 0 Å². The summed E-state index contributed by atoms with van der Waals surface area (Å²) in [6.07, 6.45) is 1.69. The summed E-state index contributed by atoms with van der Waals surface area (Å²) in [4.78, 5) is 15.3. The Kier molecular flexibility index (Phi) is 4.38. The fraction of sp³-hybridized carbons (Fsp3) is 0.200. The molecule has 0 fully saturated rings. The third-order valence-corrected chi connectivity index (χ3v) is 2.81. The molecule has 1 heterocycles. The second-order valence-corrected chi connectivity index (χ2v) is 4.15. The van der Waals surface area contributed by atoms with E-state index in [0.29, 0.717) is 11.8 Å². The lowest BCUT2D eigenvalue weighted by Gasteiger charge is -2.01. The minimum Gasteiger partial charge on any atom is -0.465 e.